The number of carboxylic acid groups (broad SMARTS) is 1. The van der Waals surface area contributed by atoms with E-state index in [4.69, 9.17) is 5.11 Å². The number of aliphatic carboxylic acids is 1. The average molecular weight is 543 g/mol. The molecule has 0 aromatic heterocycles. The second-order valence-corrected chi connectivity index (χ2v) is 12.1. The summed E-state index contributed by atoms with van der Waals surface area (Å²) in [5, 5.41) is 32.4. The fourth-order valence-electron chi connectivity index (χ4n) is 3.86. The number of carbonyl (C=O) groups is 1. The number of benzene rings is 2. The molecule has 3 rings (SSSR count). The minimum absolute atomic E-state index is 0.00107. The van der Waals surface area contributed by atoms with Crippen LogP contribution in [0.1, 0.15) is 24.5 Å². The van der Waals surface area contributed by atoms with Crippen molar-refractivity contribution in [2.45, 2.75) is 29.9 Å². The zero-order valence-corrected chi connectivity index (χ0v) is 21.2. The summed E-state index contributed by atoms with van der Waals surface area (Å²) in [4.78, 5) is 12.7. The zero-order chi connectivity index (χ0) is 26.5. The molecule has 0 bridgehead atoms. The molecule has 2 aromatic carbocycles. The normalized spacial score (nSPS) is 16.0. The lowest BCUT2D eigenvalue weighted by atomic mass is 10.0. The SMILES string of the molecule is CS(=O)(=O)Nc1cc([C@H](O)CNC2CCN(c3ccc(S(=O)(=O)NCC(=O)O)cc3)CC2)ccc1O. The topological polar surface area (TPSA) is 185 Å². The third kappa shape index (κ3) is 7.80. The number of hydrogen-bond donors (Lipinski definition) is 6. The smallest absolute Gasteiger partial charge is 0.318 e. The number of aliphatic hydroxyl groups is 1. The molecule has 1 atom stereocenters. The molecule has 0 radical (unpaired) electrons. The lowest BCUT2D eigenvalue weighted by Crippen LogP contribution is -2.43. The molecule has 0 saturated carbocycles. The number of anilines is 2. The van der Waals surface area contributed by atoms with Gasteiger partial charge in [-0.3, -0.25) is 9.52 Å². The van der Waals surface area contributed by atoms with E-state index in [1.54, 1.807) is 12.1 Å². The second kappa shape index (κ2) is 11.4. The standard InChI is InChI=1S/C22H30N4O8S2/c1-35(31,32)25-19-12-15(2-7-20(19)27)21(28)13-23-16-8-10-26(11-9-16)17-3-5-18(6-4-17)36(33,34)24-14-22(29)30/h2-7,12,16,21,23-25,27-28H,8-11,13-14H2,1H3,(H,29,30)/t21-/m1/s1. The summed E-state index contributed by atoms with van der Waals surface area (Å²) in [6.07, 6.45) is 1.62. The van der Waals surface area contributed by atoms with Gasteiger partial charge in [0.2, 0.25) is 20.0 Å². The lowest BCUT2D eigenvalue weighted by Gasteiger charge is -2.34. The van der Waals surface area contributed by atoms with Gasteiger partial charge in [0.05, 0.1) is 22.9 Å². The van der Waals surface area contributed by atoms with Crippen LogP contribution in [0.25, 0.3) is 0 Å². The maximum Gasteiger partial charge on any atom is 0.318 e. The Morgan fingerprint density at radius 1 is 1.08 bits per heavy atom. The summed E-state index contributed by atoms with van der Waals surface area (Å²) in [5.41, 5.74) is 1.30. The van der Waals surface area contributed by atoms with E-state index in [2.05, 4.69) is 14.9 Å². The van der Waals surface area contributed by atoms with Crippen molar-refractivity contribution < 1.29 is 36.9 Å². The van der Waals surface area contributed by atoms with Gasteiger partial charge in [-0.15, -0.1) is 0 Å². The Morgan fingerprint density at radius 2 is 1.72 bits per heavy atom. The second-order valence-electron chi connectivity index (χ2n) is 8.55. The fourth-order valence-corrected chi connectivity index (χ4v) is 5.39. The van der Waals surface area contributed by atoms with Crippen molar-refractivity contribution in [3.8, 4) is 5.75 Å². The third-order valence-electron chi connectivity index (χ3n) is 5.72. The molecule has 0 unspecified atom stereocenters. The Bertz CT molecular complexity index is 1280. The van der Waals surface area contributed by atoms with Crippen molar-refractivity contribution in [1.82, 2.24) is 10.0 Å². The summed E-state index contributed by atoms with van der Waals surface area (Å²) >= 11 is 0. The van der Waals surface area contributed by atoms with Crippen LogP contribution in [-0.2, 0) is 24.8 Å². The van der Waals surface area contributed by atoms with Gasteiger partial charge in [-0.05, 0) is 54.8 Å². The van der Waals surface area contributed by atoms with Crippen LogP contribution in [0.3, 0.4) is 0 Å². The van der Waals surface area contributed by atoms with Crippen molar-refractivity contribution in [3.05, 3.63) is 48.0 Å². The molecule has 0 spiro atoms. The highest BCUT2D eigenvalue weighted by atomic mass is 32.2. The van der Waals surface area contributed by atoms with Gasteiger partial charge >= 0.3 is 5.97 Å². The van der Waals surface area contributed by atoms with Crippen LogP contribution in [-0.4, -0.2) is 76.6 Å². The number of carboxylic acids is 1. The molecule has 6 N–H and O–H groups in total. The molecule has 36 heavy (non-hydrogen) atoms. The predicted octanol–water partition coefficient (Wildman–Crippen LogP) is 0.419. The van der Waals surface area contributed by atoms with E-state index >= 15 is 0 Å². The largest absolute Gasteiger partial charge is 0.506 e. The molecule has 12 nitrogen and oxygen atoms in total. The van der Waals surface area contributed by atoms with Crippen LogP contribution < -0.4 is 19.7 Å². The third-order valence-corrected chi connectivity index (χ3v) is 7.73. The number of phenolic OH excluding ortho intramolecular Hbond substituents is 1. The number of rotatable bonds is 11. The molecule has 1 fully saturated rings. The van der Waals surface area contributed by atoms with Crippen LogP contribution in [0, 0.1) is 0 Å². The Kier molecular flexibility index (Phi) is 8.79. The molecule has 1 heterocycles. The number of piperidine rings is 1. The van der Waals surface area contributed by atoms with Crippen LogP contribution in [0.15, 0.2) is 47.4 Å². The minimum Gasteiger partial charge on any atom is -0.506 e. The molecule has 2 aromatic rings. The van der Waals surface area contributed by atoms with E-state index < -0.39 is 38.7 Å². The number of phenols is 1. The van der Waals surface area contributed by atoms with E-state index in [-0.39, 0.29) is 28.9 Å². The molecule has 0 amide bonds. The molecular formula is C22H30N4O8S2. The number of nitrogens with one attached hydrogen (secondary N) is 3. The molecule has 1 aliphatic heterocycles. The molecular weight excluding hydrogens is 512 g/mol. The van der Waals surface area contributed by atoms with E-state index in [1.807, 2.05) is 4.72 Å². The first kappa shape index (κ1) is 27.7. The van der Waals surface area contributed by atoms with Gasteiger partial charge in [-0.25, -0.2) is 16.8 Å². The zero-order valence-electron chi connectivity index (χ0n) is 19.6. The number of sulfonamides is 2. The molecule has 0 aliphatic carbocycles. The number of aliphatic hydroxyl groups excluding tert-OH is 1. The van der Waals surface area contributed by atoms with Crippen LogP contribution in [0.2, 0.25) is 0 Å². The Morgan fingerprint density at radius 3 is 2.31 bits per heavy atom. The maximum absolute atomic E-state index is 12.1. The van der Waals surface area contributed by atoms with Gasteiger partial charge in [0, 0.05) is 31.4 Å². The first-order valence-corrected chi connectivity index (χ1v) is 14.5. The van der Waals surface area contributed by atoms with Crippen LogP contribution in [0.4, 0.5) is 11.4 Å². The van der Waals surface area contributed by atoms with Crippen molar-refractivity contribution in [3.63, 3.8) is 0 Å². The highest BCUT2D eigenvalue weighted by Crippen LogP contribution is 2.28. The number of aromatic hydroxyl groups is 1. The van der Waals surface area contributed by atoms with Crippen molar-refractivity contribution in [1.29, 1.82) is 0 Å². The highest BCUT2D eigenvalue weighted by molar-refractivity contribution is 7.92. The van der Waals surface area contributed by atoms with Crippen LogP contribution >= 0.6 is 0 Å². The first-order valence-electron chi connectivity index (χ1n) is 11.1. The molecule has 1 saturated heterocycles. The Hall–Kier alpha value is -2.91. The quantitative estimate of drug-likeness (QED) is 0.217. The van der Waals surface area contributed by atoms with Crippen molar-refractivity contribution >= 4 is 37.4 Å². The van der Waals surface area contributed by atoms with Gasteiger partial charge < -0.3 is 25.5 Å². The summed E-state index contributed by atoms with van der Waals surface area (Å²) in [6, 6.07) is 10.6. The Labute approximate surface area is 210 Å². The minimum atomic E-state index is -3.89. The summed E-state index contributed by atoms with van der Waals surface area (Å²) in [5.74, 6) is -1.50. The van der Waals surface area contributed by atoms with Gasteiger partial charge in [0.25, 0.3) is 0 Å². The van der Waals surface area contributed by atoms with Crippen molar-refractivity contribution in [2.75, 3.05) is 42.1 Å². The summed E-state index contributed by atoms with van der Waals surface area (Å²) in [7, 11) is -7.48. The Balaban J connectivity index is 1.51. The fraction of sp³-hybridized carbons (Fsp3) is 0.409. The van der Waals surface area contributed by atoms with E-state index in [0.29, 0.717) is 18.7 Å². The van der Waals surface area contributed by atoms with E-state index in [9.17, 15) is 31.8 Å². The number of hydrogen-bond acceptors (Lipinski definition) is 9. The molecule has 198 valence electrons. The molecule has 1 aliphatic rings. The van der Waals surface area contributed by atoms with Gasteiger partial charge in [-0.1, -0.05) is 6.07 Å². The predicted molar refractivity (Wildman–Crippen MR) is 134 cm³/mol. The van der Waals surface area contributed by atoms with E-state index in [0.717, 1.165) is 24.8 Å². The van der Waals surface area contributed by atoms with E-state index in [1.165, 1.54) is 30.3 Å². The maximum atomic E-state index is 12.1. The van der Waals surface area contributed by atoms with Gasteiger partial charge in [0.15, 0.2) is 0 Å². The van der Waals surface area contributed by atoms with Gasteiger partial charge in [0.1, 0.15) is 12.3 Å². The van der Waals surface area contributed by atoms with Gasteiger partial charge in [-0.2, -0.15) is 4.72 Å². The highest BCUT2D eigenvalue weighted by Gasteiger charge is 2.22. The summed E-state index contributed by atoms with van der Waals surface area (Å²) in [6.45, 7) is 0.964. The average Bonchev–Trinajstić information content (AvgIpc) is 2.82. The number of nitrogens with zero attached hydrogens (tertiary/aromatic N) is 1. The monoisotopic (exact) mass is 542 g/mol. The van der Waals surface area contributed by atoms with Crippen molar-refractivity contribution in [2.24, 2.45) is 0 Å². The molecule has 14 heteroatoms. The lowest BCUT2D eigenvalue weighted by molar-refractivity contribution is -0.135. The van der Waals surface area contributed by atoms with Crippen LogP contribution in [0.5, 0.6) is 5.75 Å². The summed E-state index contributed by atoms with van der Waals surface area (Å²) < 4.78 is 51.4. The first-order chi connectivity index (χ1) is 16.8.